The van der Waals surface area contributed by atoms with Crippen LogP contribution in [-0.2, 0) is 9.53 Å². The highest BCUT2D eigenvalue weighted by Crippen LogP contribution is 2.18. The molecular formula is C14H19NO3. The first-order valence-electron chi connectivity index (χ1n) is 6.28. The molecule has 0 bridgehead atoms. The number of nitrogens with zero attached hydrogens (tertiary/aromatic N) is 1. The number of carboxylic acid groups (broad SMARTS) is 1. The van der Waals surface area contributed by atoms with Crippen LogP contribution in [-0.4, -0.2) is 48.3 Å². The Morgan fingerprint density at radius 1 is 1.50 bits per heavy atom. The molecule has 0 aromatic heterocycles. The molecule has 1 aliphatic rings. The van der Waals surface area contributed by atoms with E-state index >= 15 is 0 Å². The average molecular weight is 249 g/mol. The first kappa shape index (κ1) is 13.1. The van der Waals surface area contributed by atoms with Gasteiger partial charge in [0.25, 0.3) is 0 Å². The molecule has 1 aromatic carbocycles. The van der Waals surface area contributed by atoms with E-state index in [1.54, 1.807) is 0 Å². The second-order valence-corrected chi connectivity index (χ2v) is 4.74. The van der Waals surface area contributed by atoms with Gasteiger partial charge in [0.1, 0.15) is 6.04 Å². The van der Waals surface area contributed by atoms with E-state index < -0.39 is 12.0 Å². The summed E-state index contributed by atoms with van der Waals surface area (Å²) in [6.45, 7) is 4.48. The van der Waals surface area contributed by atoms with Crippen LogP contribution in [0.2, 0.25) is 0 Å². The van der Waals surface area contributed by atoms with Crippen molar-refractivity contribution < 1.29 is 14.6 Å². The lowest BCUT2D eigenvalue weighted by Crippen LogP contribution is -2.50. The van der Waals surface area contributed by atoms with Crippen molar-refractivity contribution in [3.8, 4) is 0 Å². The Balaban J connectivity index is 2.01. The summed E-state index contributed by atoms with van der Waals surface area (Å²) in [5, 5.41) is 9.17. The normalized spacial score (nSPS) is 22.6. The van der Waals surface area contributed by atoms with Crippen molar-refractivity contribution in [2.75, 3.05) is 26.3 Å². The van der Waals surface area contributed by atoms with Gasteiger partial charge in [0.05, 0.1) is 13.2 Å². The van der Waals surface area contributed by atoms with Gasteiger partial charge in [-0.25, -0.2) is 0 Å². The van der Waals surface area contributed by atoms with Crippen LogP contribution in [0.4, 0.5) is 0 Å². The van der Waals surface area contributed by atoms with Gasteiger partial charge < -0.3 is 9.84 Å². The summed E-state index contributed by atoms with van der Waals surface area (Å²) in [6, 6.07) is 9.68. The molecule has 0 spiro atoms. The average Bonchev–Trinajstić information content (AvgIpc) is 2.40. The highest BCUT2D eigenvalue weighted by atomic mass is 16.5. The second-order valence-electron chi connectivity index (χ2n) is 4.74. The van der Waals surface area contributed by atoms with Crippen LogP contribution in [0.25, 0.3) is 0 Å². The van der Waals surface area contributed by atoms with Gasteiger partial charge in [0.15, 0.2) is 0 Å². The number of morpholine rings is 1. The number of carboxylic acids is 1. The number of carbonyl (C=O) groups is 1. The molecule has 2 unspecified atom stereocenters. The van der Waals surface area contributed by atoms with E-state index in [1.807, 2.05) is 23.1 Å². The Morgan fingerprint density at radius 2 is 2.22 bits per heavy atom. The summed E-state index contributed by atoms with van der Waals surface area (Å²) in [5.74, 6) is -0.471. The standard InChI is InChI=1S/C14H19NO3/c1-11(12-5-3-2-4-6-12)9-15-7-8-18-10-13(15)14(16)17/h2-6,11,13H,7-10H2,1H3,(H,16,17). The third-order valence-corrected chi connectivity index (χ3v) is 3.40. The lowest BCUT2D eigenvalue weighted by molar-refractivity contribution is -0.149. The molecule has 1 aromatic rings. The molecule has 1 N–H and O–H groups in total. The Labute approximate surface area is 107 Å². The molecule has 18 heavy (non-hydrogen) atoms. The van der Waals surface area contributed by atoms with Gasteiger partial charge in [-0.15, -0.1) is 0 Å². The lowest BCUT2D eigenvalue weighted by atomic mass is 10.00. The molecule has 0 amide bonds. The Hall–Kier alpha value is -1.39. The fourth-order valence-electron chi connectivity index (χ4n) is 2.32. The van der Waals surface area contributed by atoms with Crippen molar-refractivity contribution in [2.45, 2.75) is 18.9 Å². The first-order valence-corrected chi connectivity index (χ1v) is 6.28. The highest BCUT2D eigenvalue weighted by molar-refractivity contribution is 5.73. The van der Waals surface area contributed by atoms with Gasteiger partial charge >= 0.3 is 5.97 Å². The molecule has 0 aliphatic carbocycles. The molecule has 0 radical (unpaired) electrons. The number of aliphatic carboxylic acids is 1. The van der Waals surface area contributed by atoms with Gasteiger partial charge in [0, 0.05) is 13.1 Å². The molecule has 4 nitrogen and oxygen atoms in total. The minimum absolute atomic E-state index is 0.289. The summed E-state index contributed by atoms with van der Waals surface area (Å²) in [4.78, 5) is 13.2. The van der Waals surface area contributed by atoms with Gasteiger partial charge in [-0.1, -0.05) is 37.3 Å². The van der Waals surface area contributed by atoms with Crippen LogP contribution in [0.15, 0.2) is 30.3 Å². The third kappa shape index (κ3) is 3.09. The van der Waals surface area contributed by atoms with E-state index in [0.29, 0.717) is 19.1 Å². The largest absolute Gasteiger partial charge is 0.480 e. The smallest absolute Gasteiger partial charge is 0.323 e. The Morgan fingerprint density at radius 3 is 2.89 bits per heavy atom. The summed E-state index contributed by atoms with van der Waals surface area (Å²) in [7, 11) is 0. The van der Waals surface area contributed by atoms with Crippen LogP contribution >= 0.6 is 0 Å². The fraction of sp³-hybridized carbons (Fsp3) is 0.500. The van der Waals surface area contributed by atoms with Crippen molar-refractivity contribution >= 4 is 5.97 Å². The molecule has 98 valence electrons. The van der Waals surface area contributed by atoms with Crippen molar-refractivity contribution in [1.82, 2.24) is 4.90 Å². The Bertz CT molecular complexity index is 393. The van der Waals surface area contributed by atoms with E-state index in [-0.39, 0.29) is 6.61 Å². The molecule has 1 fully saturated rings. The number of hydrogen-bond acceptors (Lipinski definition) is 3. The minimum Gasteiger partial charge on any atom is -0.480 e. The predicted molar refractivity (Wildman–Crippen MR) is 68.7 cm³/mol. The maximum absolute atomic E-state index is 11.2. The molecular weight excluding hydrogens is 230 g/mol. The molecule has 1 saturated heterocycles. The van der Waals surface area contributed by atoms with Crippen LogP contribution in [0, 0.1) is 0 Å². The van der Waals surface area contributed by atoms with Crippen molar-refractivity contribution in [3.63, 3.8) is 0 Å². The topological polar surface area (TPSA) is 49.8 Å². The zero-order valence-corrected chi connectivity index (χ0v) is 10.6. The zero-order valence-electron chi connectivity index (χ0n) is 10.6. The zero-order chi connectivity index (χ0) is 13.0. The van der Waals surface area contributed by atoms with Crippen LogP contribution < -0.4 is 0 Å². The molecule has 2 rings (SSSR count). The lowest BCUT2D eigenvalue weighted by Gasteiger charge is -2.34. The quantitative estimate of drug-likeness (QED) is 0.880. The molecule has 1 heterocycles. The van der Waals surface area contributed by atoms with E-state index in [4.69, 9.17) is 4.74 Å². The van der Waals surface area contributed by atoms with Gasteiger partial charge in [0.2, 0.25) is 0 Å². The minimum atomic E-state index is -0.796. The monoisotopic (exact) mass is 249 g/mol. The predicted octanol–water partition coefficient (Wildman–Crippen LogP) is 1.58. The van der Waals surface area contributed by atoms with E-state index in [0.717, 1.165) is 6.54 Å². The summed E-state index contributed by atoms with van der Waals surface area (Å²) in [5.41, 5.74) is 1.24. The summed E-state index contributed by atoms with van der Waals surface area (Å²) in [6.07, 6.45) is 0. The molecule has 1 aliphatic heterocycles. The van der Waals surface area contributed by atoms with E-state index in [9.17, 15) is 9.90 Å². The van der Waals surface area contributed by atoms with Crippen LogP contribution in [0.1, 0.15) is 18.4 Å². The molecule has 2 atom stereocenters. The van der Waals surface area contributed by atoms with Gasteiger partial charge in [-0.3, -0.25) is 9.69 Å². The number of benzene rings is 1. The van der Waals surface area contributed by atoms with Crippen molar-refractivity contribution in [1.29, 1.82) is 0 Å². The highest BCUT2D eigenvalue weighted by Gasteiger charge is 2.30. The summed E-state index contributed by atoms with van der Waals surface area (Å²) >= 11 is 0. The van der Waals surface area contributed by atoms with E-state index in [1.165, 1.54) is 5.56 Å². The Kier molecular flexibility index (Phi) is 4.33. The van der Waals surface area contributed by atoms with E-state index in [2.05, 4.69) is 19.1 Å². The van der Waals surface area contributed by atoms with Crippen LogP contribution in [0.3, 0.4) is 0 Å². The molecule has 0 saturated carbocycles. The third-order valence-electron chi connectivity index (χ3n) is 3.40. The summed E-state index contributed by atoms with van der Waals surface area (Å²) < 4.78 is 5.24. The van der Waals surface area contributed by atoms with Gasteiger partial charge in [-0.2, -0.15) is 0 Å². The van der Waals surface area contributed by atoms with Crippen molar-refractivity contribution in [3.05, 3.63) is 35.9 Å². The van der Waals surface area contributed by atoms with Crippen molar-refractivity contribution in [2.24, 2.45) is 0 Å². The first-order chi connectivity index (χ1) is 8.68. The number of hydrogen-bond donors (Lipinski definition) is 1. The number of ether oxygens (including phenoxy) is 1. The fourth-order valence-corrected chi connectivity index (χ4v) is 2.32. The SMILES string of the molecule is CC(CN1CCOCC1C(=O)O)c1ccccc1. The number of rotatable bonds is 4. The second kappa shape index (κ2) is 5.98. The van der Waals surface area contributed by atoms with Gasteiger partial charge in [-0.05, 0) is 11.5 Å². The maximum atomic E-state index is 11.2. The van der Waals surface area contributed by atoms with Crippen LogP contribution in [0.5, 0.6) is 0 Å². The molecule has 4 heteroatoms. The maximum Gasteiger partial charge on any atom is 0.323 e.